The van der Waals surface area contributed by atoms with E-state index in [-0.39, 0.29) is 17.9 Å². The third-order valence-corrected chi connectivity index (χ3v) is 4.28. The van der Waals surface area contributed by atoms with Crippen molar-refractivity contribution in [1.29, 1.82) is 0 Å². The van der Waals surface area contributed by atoms with Crippen molar-refractivity contribution in [3.8, 4) is 0 Å². The van der Waals surface area contributed by atoms with Crippen molar-refractivity contribution >= 4 is 0 Å². The molecule has 3 rings (SSSR count). The second kappa shape index (κ2) is 4.30. The molecule has 3 nitrogen and oxygen atoms in total. The average molecular weight is 251 g/mol. The molecule has 2 bridgehead atoms. The first-order valence-electron chi connectivity index (χ1n) is 6.37. The van der Waals surface area contributed by atoms with Crippen LogP contribution in [0, 0.1) is 5.82 Å². The van der Waals surface area contributed by atoms with Crippen LogP contribution >= 0.6 is 0 Å². The van der Waals surface area contributed by atoms with Gasteiger partial charge >= 0.3 is 0 Å². The van der Waals surface area contributed by atoms with Gasteiger partial charge in [0.15, 0.2) is 0 Å². The van der Waals surface area contributed by atoms with Gasteiger partial charge in [-0.3, -0.25) is 4.90 Å². The van der Waals surface area contributed by atoms with Crippen LogP contribution in [0.5, 0.6) is 0 Å². The number of halogens is 1. The van der Waals surface area contributed by atoms with Crippen LogP contribution in [0.3, 0.4) is 0 Å². The number of fused-ring (bicyclic) bond motifs is 2. The minimum Gasteiger partial charge on any atom is -0.385 e. The van der Waals surface area contributed by atoms with E-state index in [1.54, 1.807) is 6.07 Å². The highest BCUT2D eigenvalue weighted by molar-refractivity contribution is 5.25. The van der Waals surface area contributed by atoms with E-state index in [4.69, 9.17) is 4.74 Å². The van der Waals surface area contributed by atoms with E-state index in [1.807, 2.05) is 6.07 Å². The molecule has 0 aromatic heterocycles. The predicted octanol–water partition coefficient (Wildman–Crippen LogP) is 1.51. The Morgan fingerprint density at radius 2 is 2.00 bits per heavy atom. The Kier molecular flexibility index (Phi) is 2.88. The van der Waals surface area contributed by atoms with Gasteiger partial charge in [-0.25, -0.2) is 4.39 Å². The number of morpholine rings is 1. The number of ether oxygens (including phenoxy) is 1. The molecule has 1 aromatic rings. The number of piperidine rings is 1. The molecule has 0 aliphatic carbocycles. The molecule has 98 valence electrons. The van der Waals surface area contributed by atoms with Gasteiger partial charge in [-0.15, -0.1) is 0 Å². The first-order valence-corrected chi connectivity index (χ1v) is 6.37. The summed E-state index contributed by atoms with van der Waals surface area (Å²) >= 11 is 0. The summed E-state index contributed by atoms with van der Waals surface area (Å²) in [5.74, 6) is -0.290. The first kappa shape index (κ1) is 12.1. The topological polar surface area (TPSA) is 32.7 Å². The molecule has 0 spiro atoms. The molecule has 2 aliphatic heterocycles. The molecule has 18 heavy (non-hydrogen) atoms. The molecule has 2 atom stereocenters. The van der Waals surface area contributed by atoms with Crippen LogP contribution in [0.15, 0.2) is 24.3 Å². The summed E-state index contributed by atoms with van der Waals surface area (Å²) in [4.78, 5) is 2.28. The zero-order valence-electron chi connectivity index (χ0n) is 10.5. The van der Waals surface area contributed by atoms with Gasteiger partial charge in [-0.05, 0) is 37.6 Å². The second-order valence-electron chi connectivity index (χ2n) is 5.46. The highest BCUT2D eigenvalue weighted by atomic mass is 19.1. The number of likely N-dealkylation sites (N-methyl/N-ethyl adjacent to an activating group) is 1. The lowest BCUT2D eigenvalue weighted by Gasteiger charge is -2.50. The second-order valence-corrected chi connectivity index (χ2v) is 5.46. The number of benzene rings is 1. The number of rotatable bonds is 1. The van der Waals surface area contributed by atoms with Crippen molar-refractivity contribution in [3.63, 3.8) is 0 Å². The summed E-state index contributed by atoms with van der Waals surface area (Å²) in [6.07, 6.45) is 1.20. The van der Waals surface area contributed by atoms with E-state index < -0.39 is 5.60 Å². The minimum absolute atomic E-state index is 0.214. The third kappa shape index (κ3) is 1.94. The predicted molar refractivity (Wildman–Crippen MR) is 65.7 cm³/mol. The molecule has 2 fully saturated rings. The number of hydrogen-bond donors (Lipinski definition) is 1. The first-order chi connectivity index (χ1) is 8.58. The number of aliphatic hydroxyl groups is 1. The normalized spacial score (nSPS) is 36.6. The summed E-state index contributed by atoms with van der Waals surface area (Å²) in [5, 5.41) is 10.8. The summed E-state index contributed by atoms with van der Waals surface area (Å²) in [7, 11) is 2.07. The maximum atomic E-state index is 13.3. The van der Waals surface area contributed by atoms with E-state index >= 15 is 0 Å². The monoisotopic (exact) mass is 251 g/mol. The molecule has 2 heterocycles. The van der Waals surface area contributed by atoms with Crippen LogP contribution in [-0.2, 0) is 10.3 Å². The fourth-order valence-electron chi connectivity index (χ4n) is 3.16. The molecule has 2 unspecified atom stereocenters. The van der Waals surface area contributed by atoms with Crippen LogP contribution in [0.25, 0.3) is 0 Å². The molecule has 4 heteroatoms. The highest BCUT2D eigenvalue weighted by Crippen LogP contribution is 2.40. The maximum Gasteiger partial charge on any atom is 0.123 e. The largest absolute Gasteiger partial charge is 0.385 e. The quantitative estimate of drug-likeness (QED) is 0.821. The van der Waals surface area contributed by atoms with Crippen molar-refractivity contribution in [2.45, 2.75) is 30.5 Å². The Balaban J connectivity index is 1.92. The van der Waals surface area contributed by atoms with Crippen molar-refractivity contribution in [2.24, 2.45) is 0 Å². The van der Waals surface area contributed by atoms with E-state index in [2.05, 4.69) is 11.9 Å². The SMILES string of the molecule is CN1C2COCC1CC(O)(c1cccc(F)c1)C2. The van der Waals surface area contributed by atoms with Gasteiger partial charge in [0.2, 0.25) is 0 Å². The Morgan fingerprint density at radius 1 is 1.33 bits per heavy atom. The van der Waals surface area contributed by atoms with Crippen LogP contribution < -0.4 is 0 Å². The molecule has 1 N–H and O–H groups in total. The zero-order chi connectivity index (χ0) is 12.8. The van der Waals surface area contributed by atoms with Crippen molar-refractivity contribution in [1.82, 2.24) is 4.90 Å². The lowest BCUT2D eigenvalue weighted by Crippen LogP contribution is -2.59. The van der Waals surface area contributed by atoms with Gasteiger partial charge in [0.05, 0.1) is 18.8 Å². The lowest BCUT2D eigenvalue weighted by atomic mass is 9.77. The molecule has 0 saturated carbocycles. The summed E-state index contributed by atoms with van der Waals surface area (Å²) < 4.78 is 18.8. The lowest BCUT2D eigenvalue weighted by molar-refractivity contribution is -0.137. The van der Waals surface area contributed by atoms with Gasteiger partial charge < -0.3 is 9.84 Å². The van der Waals surface area contributed by atoms with E-state index in [0.29, 0.717) is 31.6 Å². The molecule has 2 saturated heterocycles. The van der Waals surface area contributed by atoms with Gasteiger partial charge in [0.1, 0.15) is 5.82 Å². The summed E-state index contributed by atoms with van der Waals surface area (Å²) in [6, 6.07) is 6.75. The van der Waals surface area contributed by atoms with Crippen LogP contribution in [0.4, 0.5) is 4.39 Å². The Hall–Kier alpha value is -0.970. The summed E-state index contributed by atoms with van der Waals surface area (Å²) in [5.41, 5.74) is -0.235. The molecular weight excluding hydrogens is 233 g/mol. The van der Waals surface area contributed by atoms with Gasteiger partial charge in [0, 0.05) is 12.1 Å². The Labute approximate surface area is 106 Å². The Morgan fingerprint density at radius 3 is 2.61 bits per heavy atom. The number of hydrogen-bond acceptors (Lipinski definition) is 3. The van der Waals surface area contributed by atoms with Crippen molar-refractivity contribution in [3.05, 3.63) is 35.6 Å². The molecule has 0 amide bonds. The van der Waals surface area contributed by atoms with Crippen LogP contribution in [-0.4, -0.2) is 42.4 Å². The maximum absolute atomic E-state index is 13.3. The van der Waals surface area contributed by atoms with E-state index in [9.17, 15) is 9.50 Å². The molecular formula is C14H18FNO2. The van der Waals surface area contributed by atoms with Gasteiger partial charge in [-0.2, -0.15) is 0 Å². The standard InChI is InChI=1S/C14H18FNO2/c1-16-12-6-14(17,7-13(16)9-18-8-12)10-3-2-4-11(15)5-10/h2-5,12-13,17H,6-9H2,1H3. The van der Waals surface area contributed by atoms with Gasteiger partial charge in [0.25, 0.3) is 0 Å². The number of nitrogens with zero attached hydrogens (tertiary/aromatic N) is 1. The smallest absolute Gasteiger partial charge is 0.123 e. The van der Waals surface area contributed by atoms with Crippen LogP contribution in [0.1, 0.15) is 18.4 Å². The molecule has 0 radical (unpaired) electrons. The van der Waals surface area contributed by atoms with Gasteiger partial charge in [-0.1, -0.05) is 12.1 Å². The molecule has 1 aromatic carbocycles. The fraction of sp³-hybridized carbons (Fsp3) is 0.571. The average Bonchev–Trinajstić information content (AvgIpc) is 2.31. The summed E-state index contributed by atoms with van der Waals surface area (Å²) in [6.45, 7) is 1.29. The fourth-order valence-corrected chi connectivity index (χ4v) is 3.16. The van der Waals surface area contributed by atoms with Crippen LogP contribution in [0.2, 0.25) is 0 Å². The van der Waals surface area contributed by atoms with Crippen molar-refractivity contribution < 1.29 is 14.2 Å². The Bertz CT molecular complexity index is 437. The minimum atomic E-state index is -0.923. The third-order valence-electron chi connectivity index (χ3n) is 4.28. The van der Waals surface area contributed by atoms with E-state index in [0.717, 1.165) is 0 Å². The highest BCUT2D eigenvalue weighted by Gasteiger charge is 2.45. The molecule has 2 aliphatic rings. The zero-order valence-corrected chi connectivity index (χ0v) is 10.5. The van der Waals surface area contributed by atoms with Crippen molar-refractivity contribution in [2.75, 3.05) is 20.3 Å². The van der Waals surface area contributed by atoms with E-state index in [1.165, 1.54) is 12.1 Å².